The summed E-state index contributed by atoms with van der Waals surface area (Å²) in [6.07, 6.45) is 0. The van der Waals surface area contributed by atoms with Gasteiger partial charge < -0.3 is 10.2 Å². The zero-order valence-corrected chi connectivity index (χ0v) is 14.5. The first kappa shape index (κ1) is 16.5. The van der Waals surface area contributed by atoms with Crippen LogP contribution in [0.25, 0.3) is 0 Å². The van der Waals surface area contributed by atoms with Crippen LogP contribution in [0.4, 0.5) is 5.69 Å². The molecule has 0 aliphatic heterocycles. The SMILES string of the molecule is CCN(CCNC(=O)c1nc(C)sc1C)c1cccc(C)c1. The molecule has 0 saturated carbocycles. The van der Waals surface area contributed by atoms with Crippen LogP contribution >= 0.6 is 11.3 Å². The molecule has 1 aromatic heterocycles. The molecule has 2 rings (SSSR count). The molecule has 0 aliphatic carbocycles. The van der Waals surface area contributed by atoms with Crippen molar-refractivity contribution in [2.45, 2.75) is 27.7 Å². The van der Waals surface area contributed by atoms with Crippen LogP contribution in [0, 0.1) is 20.8 Å². The highest BCUT2D eigenvalue weighted by molar-refractivity contribution is 7.11. The van der Waals surface area contributed by atoms with Gasteiger partial charge in [0, 0.05) is 30.2 Å². The average molecular weight is 317 g/mol. The second-order valence-electron chi connectivity index (χ2n) is 5.31. The monoisotopic (exact) mass is 317 g/mol. The molecule has 1 N–H and O–H groups in total. The van der Waals surface area contributed by atoms with Crippen LogP contribution in [0.3, 0.4) is 0 Å². The summed E-state index contributed by atoms with van der Waals surface area (Å²) in [5.74, 6) is -0.0813. The Morgan fingerprint density at radius 1 is 1.32 bits per heavy atom. The predicted octanol–water partition coefficient (Wildman–Crippen LogP) is 3.32. The van der Waals surface area contributed by atoms with Crippen molar-refractivity contribution in [2.24, 2.45) is 0 Å². The molecule has 118 valence electrons. The van der Waals surface area contributed by atoms with E-state index in [-0.39, 0.29) is 5.91 Å². The molecule has 0 fully saturated rings. The third-order valence-corrected chi connectivity index (χ3v) is 4.42. The number of carbonyl (C=O) groups excluding carboxylic acids is 1. The number of amides is 1. The number of anilines is 1. The predicted molar refractivity (Wildman–Crippen MR) is 93.0 cm³/mol. The second-order valence-corrected chi connectivity index (χ2v) is 6.72. The summed E-state index contributed by atoms with van der Waals surface area (Å²) in [6, 6.07) is 8.42. The van der Waals surface area contributed by atoms with Crippen molar-refractivity contribution in [2.75, 3.05) is 24.5 Å². The van der Waals surface area contributed by atoms with Crippen LogP contribution in [-0.4, -0.2) is 30.5 Å². The van der Waals surface area contributed by atoms with Gasteiger partial charge in [-0.1, -0.05) is 12.1 Å². The fraction of sp³-hybridized carbons (Fsp3) is 0.412. The lowest BCUT2D eigenvalue weighted by molar-refractivity contribution is 0.0949. The van der Waals surface area contributed by atoms with Crippen molar-refractivity contribution in [3.05, 3.63) is 45.4 Å². The van der Waals surface area contributed by atoms with Gasteiger partial charge in [-0.25, -0.2) is 4.98 Å². The third kappa shape index (κ3) is 4.07. The zero-order chi connectivity index (χ0) is 16.1. The van der Waals surface area contributed by atoms with Crippen LogP contribution in [-0.2, 0) is 0 Å². The molecule has 4 nitrogen and oxygen atoms in total. The maximum Gasteiger partial charge on any atom is 0.271 e. The first-order valence-electron chi connectivity index (χ1n) is 7.55. The van der Waals surface area contributed by atoms with Gasteiger partial charge in [-0.05, 0) is 45.4 Å². The van der Waals surface area contributed by atoms with Gasteiger partial charge in [0.25, 0.3) is 5.91 Å². The minimum Gasteiger partial charge on any atom is -0.370 e. The third-order valence-electron chi connectivity index (χ3n) is 3.53. The average Bonchev–Trinajstić information content (AvgIpc) is 2.82. The van der Waals surface area contributed by atoms with E-state index in [0.717, 1.165) is 23.0 Å². The molecular weight excluding hydrogens is 294 g/mol. The van der Waals surface area contributed by atoms with E-state index in [0.29, 0.717) is 12.2 Å². The second kappa shape index (κ2) is 7.40. The van der Waals surface area contributed by atoms with Crippen molar-refractivity contribution < 1.29 is 4.79 Å². The lowest BCUT2D eigenvalue weighted by atomic mass is 10.2. The number of hydrogen-bond donors (Lipinski definition) is 1. The summed E-state index contributed by atoms with van der Waals surface area (Å²) < 4.78 is 0. The number of rotatable bonds is 6. The number of likely N-dealkylation sites (N-methyl/N-ethyl adjacent to an activating group) is 1. The summed E-state index contributed by atoms with van der Waals surface area (Å²) in [5.41, 5.74) is 2.99. The Balaban J connectivity index is 1.91. The van der Waals surface area contributed by atoms with Gasteiger partial charge in [0.05, 0.1) is 5.01 Å². The molecule has 0 radical (unpaired) electrons. The van der Waals surface area contributed by atoms with Gasteiger partial charge in [0.2, 0.25) is 0 Å². The largest absolute Gasteiger partial charge is 0.370 e. The smallest absolute Gasteiger partial charge is 0.271 e. The number of aromatic nitrogens is 1. The highest BCUT2D eigenvalue weighted by Gasteiger charge is 2.13. The van der Waals surface area contributed by atoms with E-state index in [9.17, 15) is 4.79 Å². The molecule has 2 aromatic rings. The maximum atomic E-state index is 12.2. The van der Waals surface area contributed by atoms with E-state index in [2.05, 4.69) is 53.3 Å². The number of nitrogens with one attached hydrogen (secondary N) is 1. The van der Waals surface area contributed by atoms with Gasteiger partial charge >= 0.3 is 0 Å². The Kier molecular flexibility index (Phi) is 5.55. The van der Waals surface area contributed by atoms with E-state index in [4.69, 9.17) is 0 Å². The quantitative estimate of drug-likeness (QED) is 0.889. The van der Waals surface area contributed by atoms with Crippen LogP contribution in [0.15, 0.2) is 24.3 Å². The van der Waals surface area contributed by atoms with Crippen LogP contribution in [0.2, 0.25) is 0 Å². The number of nitrogens with zero attached hydrogens (tertiary/aromatic N) is 2. The highest BCUT2D eigenvalue weighted by atomic mass is 32.1. The molecule has 5 heteroatoms. The van der Waals surface area contributed by atoms with Crippen LogP contribution < -0.4 is 10.2 Å². The Morgan fingerprint density at radius 3 is 2.68 bits per heavy atom. The number of thiazole rings is 1. The van der Waals surface area contributed by atoms with Gasteiger partial charge in [0.1, 0.15) is 5.69 Å². The molecule has 1 amide bonds. The molecule has 0 bridgehead atoms. The topological polar surface area (TPSA) is 45.2 Å². The minimum atomic E-state index is -0.0813. The van der Waals surface area contributed by atoms with Gasteiger partial charge in [0.15, 0.2) is 0 Å². The number of benzene rings is 1. The molecule has 0 atom stereocenters. The fourth-order valence-electron chi connectivity index (χ4n) is 2.42. The Bertz CT molecular complexity index is 651. The minimum absolute atomic E-state index is 0.0813. The van der Waals surface area contributed by atoms with Crippen molar-refractivity contribution in [1.82, 2.24) is 10.3 Å². The fourth-order valence-corrected chi connectivity index (χ4v) is 3.24. The summed E-state index contributed by atoms with van der Waals surface area (Å²) in [6.45, 7) is 10.4. The summed E-state index contributed by atoms with van der Waals surface area (Å²) in [7, 11) is 0. The first-order valence-corrected chi connectivity index (χ1v) is 8.36. The van der Waals surface area contributed by atoms with E-state index in [1.165, 1.54) is 11.3 Å². The molecule has 1 aromatic carbocycles. The number of hydrogen-bond acceptors (Lipinski definition) is 4. The van der Waals surface area contributed by atoms with Crippen molar-refractivity contribution >= 4 is 22.9 Å². The standard InChI is InChI=1S/C17H23N3OS/c1-5-20(15-8-6-7-12(2)11-15)10-9-18-17(21)16-13(3)22-14(4)19-16/h6-8,11H,5,9-10H2,1-4H3,(H,18,21). The van der Waals surface area contributed by atoms with E-state index >= 15 is 0 Å². The lowest BCUT2D eigenvalue weighted by Crippen LogP contribution is -2.35. The van der Waals surface area contributed by atoms with Gasteiger partial charge in [-0.2, -0.15) is 0 Å². The van der Waals surface area contributed by atoms with E-state index < -0.39 is 0 Å². The molecule has 0 saturated heterocycles. The van der Waals surface area contributed by atoms with Crippen molar-refractivity contribution in [1.29, 1.82) is 0 Å². The van der Waals surface area contributed by atoms with Crippen molar-refractivity contribution in [3.8, 4) is 0 Å². The molecule has 0 unspecified atom stereocenters. The van der Waals surface area contributed by atoms with Crippen molar-refractivity contribution in [3.63, 3.8) is 0 Å². The zero-order valence-electron chi connectivity index (χ0n) is 13.6. The molecule has 0 spiro atoms. The molecular formula is C17H23N3OS. The Morgan fingerprint density at radius 2 is 2.09 bits per heavy atom. The van der Waals surface area contributed by atoms with Gasteiger partial charge in [-0.3, -0.25) is 4.79 Å². The highest BCUT2D eigenvalue weighted by Crippen LogP contribution is 2.17. The Hall–Kier alpha value is -1.88. The maximum absolute atomic E-state index is 12.2. The molecule has 0 aliphatic rings. The number of aryl methyl sites for hydroxylation is 3. The summed E-state index contributed by atoms with van der Waals surface area (Å²) in [4.78, 5) is 19.7. The summed E-state index contributed by atoms with van der Waals surface area (Å²) >= 11 is 1.56. The van der Waals surface area contributed by atoms with E-state index in [1.807, 2.05) is 13.8 Å². The summed E-state index contributed by atoms with van der Waals surface area (Å²) in [5, 5.41) is 3.89. The van der Waals surface area contributed by atoms with Crippen LogP contribution in [0.1, 0.15) is 32.9 Å². The normalized spacial score (nSPS) is 10.5. The van der Waals surface area contributed by atoms with Gasteiger partial charge in [-0.15, -0.1) is 11.3 Å². The number of carbonyl (C=O) groups is 1. The molecule has 1 heterocycles. The first-order chi connectivity index (χ1) is 10.5. The lowest BCUT2D eigenvalue weighted by Gasteiger charge is -2.23. The van der Waals surface area contributed by atoms with E-state index in [1.54, 1.807) is 11.3 Å². The molecule has 22 heavy (non-hydrogen) atoms. The van der Waals surface area contributed by atoms with Crippen LogP contribution in [0.5, 0.6) is 0 Å². The Labute approximate surface area is 136 Å².